The molecule has 1 unspecified atom stereocenters. The molecule has 82 valence electrons. The summed E-state index contributed by atoms with van der Waals surface area (Å²) >= 11 is 0. The molecule has 0 fully saturated rings. The second-order valence-corrected chi connectivity index (χ2v) is 4.97. The Hall–Kier alpha value is -0.400. The highest BCUT2D eigenvalue weighted by Gasteiger charge is 2.14. The lowest BCUT2D eigenvalue weighted by Crippen LogP contribution is -2.25. The van der Waals surface area contributed by atoms with Crippen molar-refractivity contribution in [3.63, 3.8) is 0 Å². The SMILES string of the molecule is NCC(CSSCCOC=O)C(=O)O. The third-order valence-electron chi connectivity index (χ3n) is 1.34. The molecule has 0 aliphatic heterocycles. The zero-order chi connectivity index (χ0) is 10.8. The van der Waals surface area contributed by atoms with Crippen molar-refractivity contribution in [3.8, 4) is 0 Å². The molecule has 0 aliphatic rings. The van der Waals surface area contributed by atoms with E-state index in [2.05, 4.69) is 4.74 Å². The van der Waals surface area contributed by atoms with Crippen LogP contribution in [0.15, 0.2) is 0 Å². The lowest BCUT2D eigenvalue weighted by molar-refractivity contribution is -0.140. The molecule has 0 radical (unpaired) electrons. The molecule has 0 aromatic carbocycles. The van der Waals surface area contributed by atoms with Crippen molar-refractivity contribution in [2.75, 3.05) is 24.7 Å². The van der Waals surface area contributed by atoms with E-state index in [0.29, 0.717) is 24.6 Å². The monoisotopic (exact) mass is 239 g/mol. The molecule has 0 aromatic heterocycles. The van der Waals surface area contributed by atoms with E-state index in [1.54, 1.807) is 0 Å². The van der Waals surface area contributed by atoms with E-state index in [9.17, 15) is 9.59 Å². The van der Waals surface area contributed by atoms with Crippen LogP contribution in [-0.2, 0) is 14.3 Å². The first-order chi connectivity index (χ1) is 6.72. The molecule has 0 spiro atoms. The molecule has 0 aromatic rings. The number of hydrogen-bond acceptors (Lipinski definition) is 6. The van der Waals surface area contributed by atoms with Crippen LogP contribution in [0.1, 0.15) is 0 Å². The van der Waals surface area contributed by atoms with Crippen LogP contribution >= 0.6 is 21.6 Å². The maximum absolute atomic E-state index is 10.5. The Morgan fingerprint density at radius 1 is 1.57 bits per heavy atom. The van der Waals surface area contributed by atoms with Crippen LogP contribution < -0.4 is 5.73 Å². The van der Waals surface area contributed by atoms with Gasteiger partial charge in [0.2, 0.25) is 0 Å². The Kier molecular flexibility index (Phi) is 8.90. The average Bonchev–Trinajstić information content (AvgIpc) is 2.16. The van der Waals surface area contributed by atoms with Crippen LogP contribution in [-0.4, -0.2) is 42.2 Å². The zero-order valence-electron chi connectivity index (χ0n) is 7.55. The molecular formula is C7H13NO4S2. The van der Waals surface area contributed by atoms with Crippen LogP contribution in [0, 0.1) is 5.92 Å². The molecule has 0 rings (SSSR count). The van der Waals surface area contributed by atoms with E-state index in [1.807, 2.05) is 0 Å². The minimum absolute atomic E-state index is 0.147. The van der Waals surface area contributed by atoms with E-state index in [1.165, 1.54) is 21.6 Å². The number of carboxylic acid groups (broad SMARTS) is 1. The number of nitrogens with two attached hydrogens (primary N) is 1. The Morgan fingerprint density at radius 3 is 2.79 bits per heavy atom. The second-order valence-electron chi connectivity index (χ2n) is 2.34. The highest BCUT2D eigenvalue weighted by Crippen LogP contribution is 2.23. The fourth-order valence-electron chi connectivity index (χ4n) is 0.560. The zero-order valence-corrected chi connectivity index (χ0v) is 9.18. The number of carbonyl (C=O) groups excluding carboxylic acids is 1. The van der Waals surface area contributed by atoms with Crippen molar-refractivity contribution in [3.05, 3.63) is 0 Å². The largest absolute Gasteiger partial charge is 0.481 e. The summed E-state index contributed by atoms with van der Waals surface area (Å²) in [6.45, 7) is 0.889. The first-order valence-electron chi connectivity index (χ1n) is 3.95. The average molecular weight is 239 g/mol. The number of hydrogen-bond donors (Lipinski definition) is 2. The molecule has 0 amide bonds. The normalized spacial score (nSPS) is 12.1. The fraction of sp³-hybridized carbons (Fsp3) is 0.714. The van der Waals surface area contributed by atoms with Crippen LogP contribution in [0.25, 0.3) is 0 Å². The van der Waals surface area contributed by atoms with E-state index in [-0.39, 0.29) is 6.54 Å². The van der Waals surface area contributed by atoms with Crippen molar-refractivity contribution in [2.24, 2.45) is 11.7 Å². The lowest BCUT2D eigenvalue weighted by atomic mass is 10.2. The lowest BCUT2D eigenvalue weighted by Gasteiger charge is -2.07. The Bertz CT molecular complexity index is 179. The van der Waals surface area contributed by atoms with Gasteiger partial charge in [-0.15, -0.1) is 0 Å². The van der Waals surface area contributed by atoms with Gasteiger partial charge in [0.15, 0.2) is 0 Å². The van der Waals surface area contributed by atoms with Crippen molar-refractivity contribution < 1.29 is 19.4 Å². The van der Waals surface area contributed by atoms with Gasteiger partial charge < -0.3 is 15.6 Å². The summed E-state index contributed by atoms with van der Waals surface area (Å²) in [5.74, 6) is -0.248. The number of ether oxygens (including phenoxy) is 1. The summed E-state index contributed by atoms with van der Waals surface area (Å²) in [5.41, 5.74) is 5.26. The van der Waals surface area contributed by atoms with Gasteiger partial charge in [-0.2, -0.15) is 0 Å². The quantitative estimate of drug-likeness (QED) is 0.337. The third kappa shape index (κ3) is 7.05. The van der Waals surface area contributed by atoms with Gasteiger partial charge in [0.05, 0.1) is 5.92 Å². The van der Waals surface area contributed by atoms with Crippen LogP contribution in [0.5, 0.6) is 0 Å². The van der Waals surface area contributed by atoms with E-state index < -0.39 is 11.9 Å². The van der Waals surface area contributed by atoms with Gasteiger partial charge in [-0.25, -0.2) is 0 Å². The van der Waals surface area contributed by atoms with Crippen LogP contribution in [0.2, 0.25) is 0 Å². The number of rotatable bonds is 9. The second kappa shape index (κ2) is 9.17. The van der Waals surface area contributed by atoms with Gasteiger partial charge in [-0.3, -0.25) is 9.59 Å². The predicted molar refractivity (Wildman–Crippen MR) is 57.1 cm³/mol. The van der Waals surface area contributed by atoms with E-state index in [4.69, 9.17) is 10.8 Å². The first kappa shape index (κ1) is 13.6. The molecule has 0 saturated heterocycles. The van der Waals surface area contributed by atoms with E-state index in [0.717, 1.165) is 0 Å². The number of aliphatic carboxylic acids is 1. The van der Waals surface area contributed by atoms with Gasteiger partial charge in [-0.05, 0) is 0 Å². The topological polar surface area (TPSA) is 89.6 Å². The summed E-state index contributed by atoms with van der Waals surface area (Å²) in [6.07, 6.45) is 0. The highest BCUT2D eigenvalue weighted by atomic mass is 33.1. The summed E-state index contributed by atoms with van der Waals surface area (Å²) in [7, 11) is 2.89. The van der Waals surface area contributed by atoms with Gasteiger partial charge in [0.25, 0.3) is 6.47 Å². The smallest absolute Gasteiger partial charge is 0.308 e. The maximum atomic E-state index is 10.5. The van der Waals surface area contributed by atoms with Crippen molar-refractivity contribution in [1.82, 2.24) is 0 Å². The van der Waals surface area contributed by atoms with E-state index >= 15 is 0 Å². The minimum Gasteiger partial charge on any atom is -0.481 e. The highest BCUT2D eigenvalue weighted by molar-refractivity contribution is 8.76. The Balaban J connectivity index is 3.33. The van der Waals surface area contributed by atoms with Gasteiger partial charge >= 0.3 is 5.97 Å². The van der Waals surface area contributed by atoms with Crippen LogP contribution in [0.4, 0.5) is 0 Å². The minimum atomic E-state index is -0.871. The van der Waals surface area contributed by atoms with Crippen LogP contribution in [0.3, 0.4) is 0 Å². The van der Waals surface area contributed by atoms with Gasteiger partial charge in [0, 0.05) is 18.1 Å². The molecule has 3 N–H and O–H groups in total. The molecule has 0 saturated carbocycles. The fourth-order valence-corrected chi connectivity index (χ4v) is 2.72. The molecule has 0 bridgehead atoms. The number of carboxylic acids is 1. The molecule has 7 heteroatoms. The molecule has 14 heavy (non-hydrogen) atoms. The molecule has 0 aliphatic carbocycles. The van der Waals surface area contributed by atoms with Gasteiger partial charge in [0.1, 0.15) is 6.61 Å². The summed E-state index contributed by atoms with van der Waals surface area (Å²) < 4.78 is 4.46. The summed E-state index contributed by atoms with van der Waals surface area (Å²) in [4.78, 5) is 20.3. The summed E-state index contributed by atoms with van der Waals surface area (Å²) in [5, 5.41) is 8.64. The third-order valence-corrected chi connectivity index (χ3v) is 3.79. The molecule has 5 nitrogen and oxygen atoms in total. The molecule has 1 atom stereocenters. The standard InChI is InChI=1S/C7H13NO4S2/c8-3-6(7(10)11)4-14-13-2-1-12-5-9/h5-6H,1-4,8H2,(H,10,11). The number of carbonyl (C=O) groups is 2. The van der Waals surface area contributed by atoms with Gasteiger partial charge in [-0.1, -0.05) is 21.6 Å². The Morgan fingerprint density at radius 2 is 2.29 bits per heavy atom. The first-order valence-corrected chi connectivity index (χ1v) is 6.43. The molecular weight excluding hydrogens is 226 g/mol. The van der Waals surface area contributed by atoms with Crippen molar-refractivity contribution >= 4 is 34.0 Å². The Labute approximate surface area is 90.1 Å². The maximum Gasteiger partial charge on any atom is 0.308 e. The molecule has 0 heterocycles. The van der Waals surface area contributed by atoms with Crippen molar-refractivity contribution in [1.29, 1.82) is 0 Å². The summed E-state index contributed by atoms with van der Waals surface area (Å²) in [6, 6.07) is 0. The predicted octanol–water partition coefficient (Wildman–Crippen LogP) is 0.200. The van der Waals surface area contributed by atoms with Crippen molar-refractivity contribution in [2.45, 2.75) is 0 Å².